The molecule has 4 aliphatic rings. The highest BCUT2D eigenvalue weighted by Gasteiger charge is 2.31. The van der Waals surface area contributed by atoms with Crippen molar-refractivity contribution in [2.24, 2.45) is 11.8 Å². The van der Waals surface area contributed by atoms with Crippen LogP contribution in [0.25, 0.3) is 11.3 Å². The van der Waals surface area contributed by atoms with Crippen molar-refractivity contribution in [1.29, 1.82) is 0 Å². The number of aromatic nitrogens is 10. The van der Waals surface area contributed by atoms with Gasteiger partial charge in [0.1, 0.15) is 22.8 Å². The Kier molecular flexibility index (Phi) is 13.0. The van der Waals surface area contributed by atoms with Gasteiger partial charge in [-0.1, -0.05) is 0 Å². The number of nitrogens with zero attached hydrogens (tertiary/aromatic N) is 12. The SMILES string of the molecule is O=C(Nc1cn(C2CCC(CNCC3CCC(n4cc(NC(=O)c5cnn6ccc(N7CCOCC7)nc56)c(C(F)F)n4)CC3)CC2)nc1C(F)F)c1cnn2ccc(N3CCOCC3)nc12. The Morgan fingerprint density at radius 3 is 1.40 bits per heavy atom. The monoisotopic (exact) mass is 931 g/mol. The van der Waals surface area contributed by atoms with Crippen LogP contribution in [0.2, 0.25) is 0 Å². The lowest BCUT2D eigenvalue weighted by molar-refractivity contribution is 0.101. The van der Waals surface area contributed by atoms with E-state index in [-0.39, 0.29) is 34.6 Å². The second kappa shape index (κ2) is 19.6. The Hall–Kier alpha value is -6.20. The Morgan fingerprint density at radius 1 is 0.612 bits per heavy atom. The lowest BCUT2D eigenvalue weighted by Gasteiger charge is -2.31. The van der Waals surface area contributed by atoms with E-state index in [0.717, 1.165) is 64.5 Å². The minimum atomic E-state index is -2.88. The normalized spacial score (nSPS) is 21.8. The van der Waals surface area contributed by atoms with E-state index < -0.39 is 36.1 Å². The van der Waals surface area contributed by atoms with E-state index in [1.807, 2.05) is 12.1 Å². The summed E-state index contributed by atoms with van der Waals surface area (Å²) in [4.78, 5) is 40.4. The van der Waals surface area contributed by atoms with Gasteiger partial charge in [-0.25, -0.2) is 36.6 Å². The summed E-state index contributed by atoms with van der Waals surface area (Å²) in [5.41, 5.74) is -0.0456. The quantitative estimate of drug-likeness (QED) is 0.108. The molecule has 23 heteroatoms. The summed E-state index contributed by atoms with van der Waals surface area (Å²) in [7, 11) is 0. The van der Waals surface area contributed by atoms with Crippen LogP contribution in [0, 0.1) is 11.8 Å². The molecule has 19 nitrogen and oxygen atoms in total. The molecule has 6 aromatic rings. The first kappa shape index (κ1) is 44.6. The summed E-state index contributed by atoms with van der Waals surface area (Å²) >= 11 is 0. The summed E-state index contributed by atoms with van der Waals surface area (Å²) in [5, 5.41) is 26.0. The van der Waals surface area contributed by atoms with Crippen LogP contribution in [0.3, 0.4) is 0 Å². The first-order valence-corrected chi connectivity index (χ1v) is 23.1. The molecular weight excluding hydrogens is 879 g/mol. The molecule has 2 saturated heterocycles. The van der Waals surface area contributed by atoms with Crippen molar-refractivity contribution in [1.82, 2.24) is 54.1 Å². The fourth-order valence-electron chi connectivity index (χ4n) is 9.77. The van der Waals surface area contributed by atoms with Crippen molar-refractivity contribution < 1.29 is 36.6 Å². The average molecular weight is 932 g/mol. The number of halogens is 4. The molecule has 0 aromatic carbocycles. The van der Waals surface area contributed by atoms with Crippen molar-refractivity contribution in [2.75, 3.05) is 86.1 Å². The average Bonchev–Trinajstić information content (AvgIpc) is 4.18. The molecule has 6 aromatic heterocycles. The minimum absolute atomic E-state index is 0.0350. The number of carbonyl (C=O) groups excluding carboxylic acids is 2. The van der Waals surface area contributed by atoms with E-state index in [2.05, 4.69) is 56.1 Å². The third-order valence-electron chi connectivity index (χ3n) is 13.5. The van der Waals surface area contributed by atoms with Crippen LogP contribution in [0.5, 0.6) is 0 Å². The van der Waals surface area contributed by atoms with E-state index in [0.29, 0.717) is 87.4 Å². The van der Waals surface area contributed by atoms with E-state index in [9.17, 15) is 27.2 Å². The first-order chi connectivity index (χ1) is 32.6. The van der Waals surface area contributed by atoms with Crippen LogP contribution >= 0.6 is 0 Å². The molecule has 10 rings (SSSR count). The van der Waals surface area contributed by atoms with E-state index >= 15 is 0 Å². The van der Waals surface area contributed by atoms with Crippen molar-refractivity contribution in [2.45, 2.75) is 76.3 Å². The van der Waals surface area contributed by atoms with Gasteiger partial charge in [-0.05, 0) is 88.4 Å². The third-order valence-corrected chi connectivity index (χ3v) is 13.5. The maximum atomic E-state index is 14.3. The summed E-state index contributed by atoms with van der Waals surface area (Å²) in [6.07, 6.45) is 10.1. The van der Waals surface area contributed by atoms with Gasteiger partial charge in [-0.3, -0.25) is 19.0 Å². The van der Waals surface area contributed by atoms with Crippen molar-refractivity contribution in [3.63, 3.8) is 0 Å². The molecule has 2 aliphatic heterocycles. The molecular formula is C44H53F4N15O4. The van der Waals surface area contributed by atoms with E-state index in [1.54, 1.807) is 21.8 Å². The molecule has 8 heterocycles. The van der Waals surface area contributed by atoms with Crippen LogP contribution in [-0.2, 0) is 9.47 Å². The number of hydrogen-bond donors (Lipinski definition) is 3. The zero-order valence-electron chi connectivity index (χ0n) is 36.8. The number of carbonyl (C=O) groups is 2. The number of fused-ring (bicyclic) bond motifs is 2. The van der Waals surface area contributed by atoms with Crippen LogP contribution in [-0.4, -0.2) is 126 Å². The molecule has 0 spiro atoms. The number of anilines is 4. The number of hydrogen-bond acceptors (Lipinski definition) is 13. The summed E-state index contributed by atoms with van der Waals surface area (Å²) in [6, 6.07) is 3.47. The Bertz CT molecular complexity index is 2490. The predicted molar refractivity (Wildman–Crippen MR) is 237 cm³/mol. The van der Waals surface area contributed by atoms with Gasteiger partial charge < -0.3 is 35.2 Å². The van der Waals surface area contributed by atoms with Gasteiger partial charge in [-0.2, -0.15) is 20.4 Å². The van der Waals surface area contributed by atoms with Crippen molar-refractivity contribution in [3.05, 3.63) is 71.8 Å². The molecule has 2 aliphatic carbocycles. The molecule has 0 unspecified atom stereocenters. The summed E-state index contributed by atoms with van der Waals surface area (Å²) in [5.74, 6) is 0.993. The smallest absolute Gasteiger partial charge is 0.284 e. The standard InChI is InChI=1S/C44H53F4N15O4/c45-39(46)37-33(52-43(64)31-23-50-60-11-9-35(54-41(31)60)58-13-17-66-18-14-58)25-62(56-37)29-5-1-27(2-6-29)21-49-22-28-3-7-30(8-4-28)63-26-34(38(57-63)40(47)48)53-44(65)32-24-51-61-12-10-36(55-42(32)61)59-15-19-67-20-16-59/h9-12,23-30,39-40,49H,1-8,13-22H2,(H,52,64)(H,53,65). The number of nitrogens with one attached hydrogen (secondary N) is 3. The number of amides is 2. The van der Waals surface area contributed by atoms with Gasteiger partial charge in [0.2, 0.25) is 0 Å². The molecule has 3 N–H and O–H groups in total. The lowest BCUT2D eigenvalue weighted by atomic mass is 9.84. The summed E-state index contributed by atoms with van der Waals surface area (Å²) in [6.45, 7) is 6.60. The van der Waals surface area contributed by atoms with Crippen LogP contribution in [0.1, 0.15) is 108 Å². The fraction of sp³-hybridized carbons (Fsp3) is 0.545. The number of ether oxygens (including phenoxy) is 2. The third kappa shape index (κ3) is 9.66. The maximum Gasteiger partial charge on any atom is 0.284 e. The van der Waals surface area contributed by atoms with Gasteiger partial charge in [0.05, 0.1) is 62.3 Å². The Labute approximate surface area is 382 Å². The largest absolute Gasteiger partial charge is 0.378 e. The molecule has 4 fully saturated rings. The lowest BCUT2D eigenvalue weighted by Crippen LogP contribution is -2.36. The molecule has 356 valence electrons. The predicted octanol–water partition coefficient (Wildman–Crippen LogP) is 5.97. The molecule has 0 radical (unpaired) electrons. The highest BCUT2D eigenvalue weighted by molar-refractivity contribution is 6.09. The molecule has 2 amide bonds. The topological polar surface area (TPSA) is 191 Å². The first-order valence-electron chi connectivity index (χ1n) is 23.1. The van der Waals surface area contributed by atoms with E-state index in [4.69, 9.17) is 9.47 Å². The van der Waals surface area contributed by atoms with Gasteiger partial charge in [0.15, 0.2) is 22.7 Å². The zero-order valence-corrected chi connectivity index (χ0v) is 36.8. The highest BCUT2D eigenvalue weighted by atomic mass is 19.3. The van der Waals surface area contributed by atoms with Crippen LogP contribution < -0.4 is 25.8 Å². The summed E-state index contributed by atoms with van der Waals surface area (Å²) < 4.78 is 74.1. The molecule has 67 heavy (non-hydrogen) atoms. The number of rotatable bonds is 14. The maximum absolute atomic E-state index is 14.3. The fourth-order valence-corrected chi connectivity index (χ4v) is 9.77. The second-order valence-corrected chi connectivity index (χ2v) is 17.8. The van der Waals surface area contributed by atoms with Gasteiger partial charge in [0, 0.05) is 51.0 Å². The van der Waals surface area contributed by atoms with Gasteiger partial charge in [-0.15, -0.1) is 0 Å². The number of morpholine rings is 2. The Balaban J connectivity index is 0.690. The van der Waals surface area contributed by atoms with E-state index in [1.165, 1.54) is 33.8 Å². The van der Waals surface area contributed by atoms with Crippen molar-refractivity contribution >= 4 is 46.1 Å². The minimum Gasteiger partial charge on any atom is -0.378 e. The van der Waals surface area contributed by atoms with Gasteiger partial charge >= 0.3 is 0 Å². The van der Waals surface area contributed by atoms with Crippen molar-refractivity contribution in [3.8, 4) is 0 Å². The Morgan fingerprint density at radius 2 is 1.01 bits per heavy atom. The molecule has 2 saturated carbocycles. The molecule has 0 bridgehead atoms. The molecule has 0 atom stereocenters. The zero-order chi connectivity index (χ0) is 46.0. The van der Waals surface area contributed by atoms with Crippen LogP contribution in [0.15, 0.2) is 49.3 Å². The second-order valence-electron chi connectivity index (χ2n) is 17.8. The number of alkyl halides is 4. The highest BCUT2D eigenvalue weighted by Crippen LogP contribution is 2.37. The van der Waals surface area contributed by atoms with Crippen LogP contribution in [0.4, 0.5) is 40.6 Å². The van der Waals surface area contributed by atoms with Gasteiger partial charge in [0.25, 0.3) is 24.7 Å².